The Balaban J connectivity index is 2.11. The van der Waals surface area contributed by atoms with Gasteiger partial charge in [-0.15, -0.1) is 0 Å². The van der Waals surface area contributed by atoms with Crippen LogP contribution in [-0.4, -0.2) is 35.5 Å². The molecule has 0 saturated carbocycles. The van der Waals surface area contributed by atoms with E-state index in [9.17, 15) is 14.4 Å². The summed E-state index contributed by atoms with van der Waals surface area (Å²) in [5, 5.41) is 13.7. The predicted molar refractivity (Wildman–Crippen MR) is 78.7 cm³/mol. The van der Waals surface area contributed by atoms with E-state index in [1.54, 1.807) is 0 Å². The average Bonchev–Trinajstić information content (AvgIpc) is 2.46. The Hall–Kier alpha value is -1.85. The van der Waals surface area contributed by atoms with Crippen LogP contribution in [-0.2, 0) is 14.4 Å². The molecule has 0 fully saturated rings. The van der Waals surface area contributed by atoms with E-state index >= 15 is 0 Å². The molecular formula is C15H24N2O4. The van der Waals surface area contributed by atoms with Crippen molar-refractivity contribution in [2.24, 2.45) is 0 Å². The molecule has 6 nitrogen and oxygen atoms in total. The molecule has 1 unspecified atom stereocenters. The van der Waals surface area contributed by atoms with Crippen LogP contribution in [0.4, 0.5) is 0 Å². The number of hydrogen-bond donors (Lipinski definition) is 3. The van der Waals surface area contributed by atoms with Crippen LogP contribution in [0.1, 0.15) is 51.9 Å². The molecule has 21 heavy (non-hydrogen) atoms. The lowest BCUT2D eigenvalue weighted by atomic mass is 9.97. The maximum Gasteiger partial charge on any atom is 0.325 e. The van der Waals surface area contributed by atoms with E-state index in [4.69, 9.17) is 5.11 Å². The van der Waals surface area contributed by atoms with Crippen molar-refractivity contribution in [3.8, 4) is 0 Å². The number of aliphatic carboxylic acids is 1. The molecular weight excluding hydrogens is 272 g/mol. The number of carboxylic acid groups (broad SMARTS) is 1. The van der Waals surface area contributed by atoms with Gasteiger partial charge in [0.1, 0.15) is 6.04 Å². The number of carboxylic acids is 1. The number of rotatable bonds is 8. The van der Waals surface area contributed by atoms with Crippen molar-refractivity contribution < 1.29 is 19.5 Å². The van der Waals surface area contributed by atoms with Crippen LogP contribution >= 0.6 is 0 Å². The second-order valence-electron chi connectivity index (χ2n) is 5.34. The maximum absolute atomic E-state index is 11.6. The fraction of sp³-hybridized carbons (Fsp3) is 0.667. The Morgan fingerprint density at radius 2 is 1.95 bits per heavy atom. The average molecular weight is 296 g/mol. The first-order chi connectivity index (χ1) is 9.99. The van der Waals surface area contributed by atoms with Gasteiger partial charge in [0.15, 0.2) is 0 Å². The van der Waals surface area contributed by atoms with Crippen LogP contribution < -0.4 is 10.6 Å². The minimum absolute atomic E-state index is 0.00610. The molecule has 0 bridgehead atoms. The second kappa shape index (κ2) is 9.15. The molecule has 0 saturated heterocycles. The van der Waals surface area contributed by atoms with Gasteiger partial charge in [-0.2, -0.15) is 0 Å². The number of hydrogen-bond acceptors (Lipinski definition) is 3. The first-order valence-electron chi connectivity index (χ1n) is 7.46. The second-order valence-corrected chi connectivity index (χ2v) is 5.34. The molecule has 0 aliphatic heterocycles. The van der Waals surface area contributed by atoms with Crippen molar-refractivity contribution in [3.05, 3.63) is 11.6 Å². The third-order valence-corrected chi connectivity index (χ3v) is 3.48. The van der Waals surface area contributed by atoms with Gasteiger partial charge in [-0.25, -0.2) is 0 Å². The molecule has 2 amide bonds. The molecule has 118 valence electrons. The molecule has 1 atom stereocenters. The molecule has 0 aromatic heterocycles. The normalized spacial score (nSPS) is 15.8. The minimum atomic E-state index is -1.09. The molecule has 1 aliphatic rings. The molecule has 0 aromatic rings. The van der Waals surface area contributed by atoms with E-state index in [1.165, 1.54) is 25.3 Å². The van der Waals surface area contributed by atoms with E-state index in [0.717, 1.165) is 19.3 Å². The monoisotopic (exact) mass is 296 g/mol. The fourth-order valence-corrected chi connectivity index (χ4v) is 2.19. The van der Waals surface area contributed by atoms with E-state index in [1.807, 2.05) is 0 Å². The zero-order valence-electron chi connectivity index (χ0n) is 12.5. The Morgan fingerprint density at radius 3 is 2.57 bits per heavy atom. The first kappa shape index (κ1) is 17.2. The third kappa shape index (κ3) is 7.48. The highest BCUT2D eigenvalue weighted by Crippen LogP contribution is 2.19. The summed E-state index contributed by atoms with van der Waals surface area (Å²) < 4.78 is 0. The van der Waals surface area contributed by atoms with Gasteiger partial charge >= 0.3 is 5.97 Å². The van der Waals surface area contributed by atoms with Gasteiger partial charge in [0.2, 0.25) is 11.8 Å². The predicted octanol–water partition coefficient (Wildman–Crippen LogP) is 1.36. The largest absolute Gasteiger partial charge is 0.480 e. The van der Waals surface area contributed by atoms with Crippen molar-refractivity contribution in [2.75, 3.05) is 6.54 Å². The summed E-state index contributed by atoms with van der Waals surface area (Å²) in [6.45, 7) is 1.98. The topological polar surface area (TPSA) is 95.5 Å². The molecule has 0 aromatic carbocycles. The number of amides is 2. The van der Waals surface area contributed by atoms with Crippen molar-refractivity contribution >= 4 is 17.8 Å². The summed E-state index contributed by atoms with van der Waals surface area (Å²) in [6, 6.07) is -0.932. The zero-order valence-corrected chi connectivity index (χ0v) is 12.5. The van der Waals surface area contributed by atoms with Gasteiger partial charge in [-0.05, 0) is 39.0 Å². The Kier molecular flexibility index (Phi) is 7.50. The van der Waals surface area contributed by atoms with Crippen molar-refractivity contribution in [1.82, 2.24) is 10.6 Å². The van der Waals surface area contributed by atoms with Gasteiger partial charge in [0, 0.05) is 19.4 Å². The Morgan fingerprint density at radius 1 is 1.24 bits per heavy atom. The fourth-order valence-electron chi connectivity index (χ4n) is 2.19. The summed E-state index contributed by atoms with van der Waals surface area (Å²) in [7, 11) is 0. The molecule has 3 N–H and O–H groups in total. The molecule has 6 heteroatoms. The van der Waals surface area contributed by atoms with Crippen molar-refractivity contribution in [3.63, 3.8) is 0 Å². The van der Waals surface area contributed by atoms with Gasteiger partial charge in [-0.3, -0.25) is 14.4 Å². The lowest BCUT2D eigenvalue weighted by Gasteiger charge is -2.13. The Bertz CT molecular complexity index is 418. The summed E-state index contributed by atoms with van der Waals surface area (Å²) in [4.78, 5) is 33.6. The summed E-state index contributed by atoms with van der Waals surface area (Å²) in [5.74, 6) is -1.69. The number of nitrogens with one attached hydrogen (secondary N) is 2. The van der Waals surface area contributed by atoms with Crippen LogP contribution in [0.2, 0.25) is 0 Å². The maximum atomic E-state index is 11.6. The first-order valence-corrected chi connectivity index (χ1v) is 7.46. The van der Waals surface area contributed by atoms with E-state index in [2.05, 4.69) is 16.7 Å². The lowest BCUT2D eigenvalue weighted by Crippen LogP contribution is -2.38. The highest BCUT2D eigenvalue weighted by molar-refractivity contribution is 5.86. The molecule has 0 heterocycles. The van der Waals surface area contributed by atoms with Crippen LogP contribution in [0.5, 0.6) is 0 Å². The quantitative estimate of drug-likeness (QED) is 0.589. The van der Waals surface area contributed by atoms with Gasteiger partial charge in [-0.1, -0.05) is 11.6 Å². The van der Waals surface area contributed by atoms with E-state index in [-0.39, 0.29) is 18.7 Å². The van der Waals surface area contributed by atoms with Gasteiger partial charge in [0.25, 0.3) is 0 Å². The van der Waals surface area contributed by atoms with E-state index < -0.39 is 17.9 Å². The summed E-state index contributed by atoms with van der Waals surface area (Å²) in [6.07, 6.45) is 7.92. The van der Waals surface area contributed by atoms with Crippen LogP contribution in [0.15, 0.2) is 11.6 Å². The smallest absolute Gasteiger partial charge is 0.325 e. The van der Waals surface area contributed by atoms with Crippen LogP contribution in [0.3, 0.4) is 0 Å². The van der Waals surface area contributed by atoms with Crippen LogP contribution in [0, 0.1) is 0 Å². The number of carbonyl (C=O) groups excluding carboxylic acids is 2. The molecule has 1 rings (SSSR count). The zero-order chi connectivity index (χ0) is 15.7. The number of allylic oxidation sites excluding steroid dienone is 1. The van der Waals surface area contributed by atoms with Crippen molar-refractivity contribution in [1.29, 1.82) is 0 Å². The molecule has 1 aliphatic carbocycles. The highest BCUT2D eigenvalue weighted by atomic mass is 16.4. The van der Waals surface area contributed by atoms with E-state index in [0.29, 0.717) is 6.54 Å². The highest BCUT2D eigenvalue weighted by Gasteiger charge is 2.14. The van der Waals surface area contributed by atoms with Gasteiger partial charge in [0.05, 0.1) is 0 Å². The van der Waals surface area contributed by atoms with Gasteiger partial charge < -0.3 is 15.7 Å². The van der Waals surface area contributed by atoms with Crippen LogP contribution in [0.25, 0.3) is 0 Å². The number of carbonyl (C=O) groups is 3. The standard InChI is InChI=1S/C15H24N2O4/c1-11(15(20)21)17-14(19)8-7-13(18)16-10-9-12-5-3-2-4-6-12/h5,11H,2-4,6-10H2,1H3,(H,16,18)(H,17,19)(H,20,21). The third-order valence-electron chi connectivity index (χ3n) is 3.48. The molecule has 0 radical (unpaired) electrons. The Labute approximate surface area is 125 Å². The lowest BCUT2D eigenvalue weighted by molar-refractivity contribution is -0.141. The summed E-state index contributed by atoms with van der Waals surface area (Å²) in [5.41, 5.74) is 1.40. The molecule has 0 spiro atoms. The van der Waals surface area contributed by atoms with Crippen molar-refractivity contribution in [2.45, 2.75) is 57.9 Å². The SMILES string of the molecule is CC(NC(=O)CCC(=O)NCCC1=CCCCC1)C(=O)O. The summed E-state index contributed by atoms with van der Waals surface area (Å²) >= 11 is 0. The minimum Gasteiger partial charge on any atom is -0.480 e.